The van der Waals surface area contributed by atoms with Gasteiger partial charge in [0.15, 0.2) is 5.82 Å². The lowest BCUT2D eigenvalue weighted by Gasteiger charge is -2.12. The molecule has 1 unspecified atom stereocenters. The zero-order valence-corrected chi connectivity index (χ0v) is 11.8. The van der Waals surface area contributed by atoms with Gasteiger partial charge >= 0.3 is 0 Å². The summed E-state index contributed by atoms with van der Waals surface area (Å²) in [5, 5.41) is 3.97. The smallest absolute Gasteiger partial charge is 0.258 e. The maximum absolute atomic E-state index is 6.02. The Labute approximate surface area is 113 Å². The van der Waals surface area contributed by atoms with E-state index in [1.807, 2.05) is 38.1 Å². The topological polar surface area (TPSA) is 68.2 Å². The molecule has 2 aromatic rings. The molecule has 1 aromatic heterocycles. The van der Waals surface area contributed by atoms with Crippen molar-refractivity contribution in [1.29, 1.82) is 0 Å². The average molecular weight is 260 g/mol. The summed E-state index contributed by atoms with van der Waals surface area (Å²) in [6, 6.07) is 5.89. The van der Waals surface area contributed by atoms with E-state index in [1.54, 1.807) is 0 Å². The molecule has 0 bridgehead atoms. The number of hydrogen-bond donors (Lipinski definition) is 1. The SMILES string of the molecule is Cc1ccc(-c2nc(C(N)CN(C)C)no2)c(C)c1. The molecule has 5 heteroatoms. The molecule has 1 aromatic carbocycles. The van der Waals surface area contributed by atoms with Crippen LogP contribution < -0.4 is 5.73 Å². The van der Waals surface area contributed by atoms with Gasteiger partial charge in [-0.2, -0.15) is 4.98 Å². The van der Waals surface area contributed by atoms with E-state index in [4.69, 9.17) is 10.3 Å². The van der Waals surface area contributed by atoms with Crippen LogP contribution in [0.1, 0.15) is 23.0 Å². The predicted molar refractivity (Wildman–Crippen MR) is 74.7 cm³/mol. The Kier molecular flexibility index (Phi) is 3.97. The Morgan fingerprint density at radius 3 is 2.68 bits per heavy atom. The zero-order valence-electron chi connectivity index (χ0n) is 11.8. The predicted octanol–water partition coefficient (Wildman–Crippen LogP) is 1.91. The molecule has 0 fully saturated rings. The minimum absolute atomic E-state index is 0.238. The Bertz CT molecular complexity index is 562. The Balaban J connectivity index is 2.25. The van der Waals surface area contributed by atoms with E-state index in [0.29, 0.717) is 18.3 Å². The van der Waals surface area contributed by atoms with Crippen molar-refractivity contribution in [1.82, 2.24) is 15.0 Å². The highest BCUT2D eigenvalue weighted by Gasteiger charge is 2.16. The van der Waals surface area contributed by atoms with Gasteiger partial charge in [-0.05, 0) is 39.6 Å². The monoisotopic (exact) mass is 260 g/mol. The first-order valence-corrected chi connectivity index (χ1v) is 6.29. The molecule has 0 aliphatic rings. The Morgan fingerprint density at radius 2 is 2.05 bits per heavy atom. The van der Waals surface area contributed by atoms with Crippen LogP contribution >= 0.6 is 0 Å². The fourth-order valence-electron chi connectivity index (χ4n) is 2.02. The van der Waals surface area contributed by atoms with Crippen molar-refractivity contribution in [3.63, 3.8) is 0 Å². The summed E-state index contributed by atoms with van der Waals surface area (Å²) in [5.41, 5.74) is 9.32. The van der Waals surface area contributed by atoms with E-state index in [1.165, 1.54) is 5.56 Å². The fourth-order valence-corrected chi connectivity index (χ4v) is 2.02. The van der Waals surface area contributed by atoms with Gasteiger partial charge in [0, 0.05) is 12.1 Å². The van der Waals surface area contributed by atoms with Crippen molar-refractivity contribution < 1.29 is 4.52 Å². The first-order valence-electron chi connectivity index (χ1n) is 6.29. The highest BCUT2D eigenvalue weighted by atomic mass is 16.5. The summed E-state index contributed by atoms with van der Waals surface area (Å²) >= 11 is 0. The zero-order chi connectivity index (χ0) is 14.0. The van der Waals surface area contributed by atoms with Crippen molar-refractivity contribution >= 4 is 0 Å². The lowest BCUT2D eigenvalue weighted by atomic mass is 10.1. The number of aromatic nitrogens is 2. The van der Waals surface area contributed by atoms with Gasteiger partial charge in [0.05, 0.1) is 6.04 Å². The van der Waals surface area contributed by atoms with Crippen LogP contribution in [-0.2, 0) is 0 Å². The maximum atomic E-state index is 6.02. The minimum Gasteiger partial charge on any atom is -0.334 e. The molecular formula is C14H20N4O. The van der Waals surface area contributed by atoms with Gasteiger partial charge in [0.2, 0.25) is 0 Å². The van der Waals surface area contributed by atoms with Crippen LogP contribution in [0.5, 0.6) is 0 Å². The van der Waals surface area contributed by atoms with Crippen LogP contribution in [0.25, 0.3) is 11.5 Å². The number of nitrogens with two attached hydrogens (primary N) is 1. The third-order valence-electron chi connectivity index (χ3n) is 2.95. The van der Waals surface area contributed by atoms with E-state index >= 15 is 0 Å². The molecule has 2 rings (SSSR count). The van der Waals surface area contributed by atoms with Crippen LogP contribution in [0, 0.1) is 13.8 Å². The molecule has 0 aliphatic carbocycles. The van der Waals surface area contributed by atoms with Gasteiger partial charge in [-0.3, -0.25) is 0 Å². The van der Waals surface area contributed by atoms with E-state index in [-0.39, 0.29) is 6.04 Å². The lowest BCUT2D eigenvalue weighted by molar-refractivity contribution is 0.357. The number of hydrogen-bond acceptors (Lipinski definition) is 5. The van der Waals surface area contributed by atoms with Crippen LogP contribution in [-0.4, -0.2) is 35.7 Å². The molecular weight excluding hydrogens is 240 g/mol. The lowest BCUT2D eigenvalue weighted by Crippen LogP contribution is -2.26. The first kappa shape index (κ1) is 13.7. The summed E-state index contributed by atoms with van der Waals surface area (Å²) in [4.78, 5) is 6.39. The van der Waals surface area contributed by atoms with Crippen LogP contribution in [0.3, 0.4) is 0 Å². The van der Waals surface area contributed by atoms with Gasteiger partial charge in [0.1, 0.15) is 0 Å². The number of aryl methyl sites for hydroxylation is 2. The summed E-state index contributed by atoms with van der Waals surface area (Å²) in [5.74, 6) is 1.07. The summed E-state index contributed by atoms with van der Waals surface area (Å²) in [6.07, 6.45) is 0. The summed E-state index contributed by atoms with van der Waals surface area (Å²) < 4.78 is 5.31. The van der Waals surface area contributed by atoms with Crippen molar-refractivity contribution in [3.8, 4) is 11.5 Å². The second-order valence-electron chi connectivity index (χ2n) is 5.14. The minimum atomic E-state index is -0.238. The summed E-state index contributed by atoms with van der Waals surface area (Å²) in [7, 11) is 3.93. The molecule has 0 aliphatic heterocycles. The van der Waals surface area contributed by atoms with E-state index in [2.05, 4.69) is 23.1 Å². The Morgan fingerprint density at radius 1 is 1.32 bits per heavy atom. The standard InChI is InChI=1S/C14H20N4O/c1-9-5-6-11(10(2)7-9)14-16-13(17-19-14)12(15)8-18(3)4/h5-7,12H,8,15H2,1-4H3. The molecule has 0 amide bonds. The van der Waals surface area contributed by atoms with Gasteiger partial charge in [-0.15, -0.1) is 0 Å². The van der Waals surface area contributed by atoms with Crippen molar-refractivity contribution in [2.45, 2.75) is 19.9 Å². The van der Waals surface area contributed by atoms with Crippen LogP contribution in [0.4, 0.5) is 0 Å². The average Bonchev–Trinajstić information content (AvgIpc) is 2.77. The van der Waals surface area contributed by atoms with Crippen molar-refractivity contribution in [2.24, 2.45) is 5.73 Å². The molecule has 0 saturated heterocycles. The molecule has 19 heavy (non-hydrogen) atoms. The molecule has 1 heterocycles. The van der Waals surface area contributed by atoms with Crippen molar-refractivity contribution in [3.05, 3.63) is 35.2 Å². The molecule has 0 spiro atoms. The molecule has 0 radical (unpaired) electrons. The van der Waals surface area contributed by atoms with Crippen LogP contribution in [0.2, 0.25) is 0 Å². The molecule has 5 nitrogen and oxygen atoms in total. The molecule has 2 N–H and O–H groups in total. The highest BCUT2D eigenvalue weighted by Crippen LogP contribution is 2.23. The van der Waals surface area contributed by atoms with E-state index in [9.17, 15) is 0 Å². The highest BCUT2D eigenvalue weighted by molar-refractivity contribution is 5.58. The molecule has 102 valence electrons. The second kappa shape index (κ2) is 5.50. The largest absolute Gasteiger partial charge is 0.334 e. The van der Waals surface area contributed by atoms with E-state index in [0.717, 1.165) is 11.1 Å². The number of likely N-dealkylation sites (N-methyl/N-ethyl adjacent to an activating group) is 1. The van der Waals surface area contributed by atoms with Gasteiger partial charge < -0.3 is 15.2 Å². The quantitative estimate of drug-likeness (QED) is 0.909. The first-order chi connectivity index (χ1) is 8.97. The maximum Gasteiger partial charge on any atom is 0.258 e. The second-order valence-corrected chi connectivity index (χ2v) is 5.14. The molecule has 0 saturated carbocycles. The number of rotatable bonds is 4. The van der Waals surface area contributed by atoms with Gasteiger partial charge in [0.25, 0.3) is 5.89 Å². The Hall–Kier alpha value is -1.72. The fraction of sp³-hybridized carbons (Fsp3) is 0.429. The van der Waals surface area contributed by atoms with Gasteiger partial charge in [-0.25, -0.2) is 0 Å². The normalized spacial score (nSPS) is 12.9. The van der Waals surface area contributed by atoms with Crippen LogP contribution in [0.15, 0.2) is 22.7 Å². The van der Waals surface area contributed by atoms with Crippen molar-refractivity contribution in [2.75, 3.05) is 20.6 Å². The van der Waals surface area contributed by atoms with Gasteiger partial charge in [-0.1, -0.05) is 22.9 Å². The number of benzene rings is 1. The third-order valence-corrected chi connectivity index (χ3v) is 2.95. The number of nitrogens with zero attached hydrogens (tertiary/aromatic N) is 3. The van der Waals surface area contributed by atoms with E-state index < -0.39 is 0 Å². The third kappa shape index (κ3) is 3.19. The molecule has 1 atom stereocenters. The summed E-state index contributed by atoms with van der Waals surface area (Å²) in [6.45, 7) is 4.78.